The molecule has 6 rings (SSSR count). The molecule has 0 radical (unpaired) electrons. The summed E-state index contributed by atoms with van der Waals surface area (Å²) < 4.78 is 0. The molecule has 2 saturated carbocycles. The quantitative estimate of drug-likeness (QED) is 0.573. The summed E-state index contributed by atoms with van der Waals surface area (Å²) in [5, 5.41) is 0. The minimum atomic E-state index is -0.124. The summed E-state index contributed by atoms with van der Waals surface area (Å²) in [6.45, 7) is 0. The van der Waals surface area contributed by atoms with Gasteiger partial charge in [0.15, 0.2) is 0 Å². The molecule has 2 bridgehead atoms. The van der Waals surface area contributed by atoms with E-state index < -0.39 is 0 Å². The van der Waals surface area contributed by atoms with E-state index in [4.69, 9.17) is 0 Å². The van der Waals surface area contributed by atoms with Crippen molar-refractivity contribution in [3.63, 3.8) is 0 Å². The van der Waals surface area contributed by atoms with Gasteiger partial charge in [0.25, 0.3) is 0 Å². The zero-order valence-corrected chi connectivity index (χ0v) is 10.8. The van der Waals surface area contributed by atoms with Crippen molar-refractivity contribution >= 4 is 17.5 Å². The van der Waals surface area contributed by atoms with Gasteiger partial charge in [-0.1, -0.05) is 12.2 Å². The summed E-state index contributed by atoms with van der Waals surface area (Å²) in [5.41, 5.74) is 0.616. The summed E-state index contributed by atoms with van der Waals surface area (Å²) >= 11 is 0. The summed E-state index contributed by atoms with van der Waals surface area (Å²) in [5.74, 6) is 1.59. The minimum absolute atomic E-state index is 0.0160. The number of nitrogens with zero attached hydrogens (tertiary/aromatic N) is 2. The lowest BCUT2D eigenvalue weighted by molar-refractivity contribution is -0.124. The molecule has 1 aromatic rings. The molecule has 0 N–H and O–H groups in total. The van der Waals surface area contributed by atoms with Gasteiger partial charge in [0.05, 0.1) is 23.7 Å². The Morgan fingerprint density at radius 2 is 1.70 bits per heavy atom. The molecule has 4 aliphatic carbocycles. The van der Waals surface area contributed by atoms with Crippen LogP contribution in [0.4, 0.5) is 5.69 Å². The van der Waals surface area contributed by atoms with Crippen LogP contribution in [0.3, 0.4) is 0 Å². The van der Waals surface area contributed by atoms with Gasteiger partial charge in [0.1, 0.15) is 0 Å². The van der Waals surface area contributed by atoms with E-state index in [0.717, 1.165) is 0 Å². The van der Waals surface area contributed by atoms with E-state index in [2.05, 4.69) is 17.1 Å². The Morgan fingerprint density at radius 1 is 1.05 bits per heavy atom. The van der Waals surface area contributed by atoms with Crippen LogP contribution in [-0.4, -0.2) is 16.8 Å². The van der Waals surface area contributed by atoms with Crippen LogP contribution in [0.15, 0.2) is 36.7 Å². The first-order valence-corrected chi connectivity index (χ1v) is 7.23. The van der Waals surface area contributed by atoms with E-state index in [-0.39, 0.29) is 35.5 Å². The minimum Gasteiger partial charge on any atom is -0.274 e. The molecule has 4 heteroatoms. The van der Waals surface area contributed by atoms with Gasteiger partial charge in [-0.2, -0.15) is 0 Å². The number of hydrogen-bond donors (Lipinski definition) is 0. The standard InChI is InChI=1S/C16H14N2O2/c19-15-13-9-3-4-10(12-6-11(9)12)14(13)16(20)18(15)8-2-1-5-17-7-8/h1-5,7,9-14H,6H2/t9-,10-,11-,12+,13+,14+/m0/s1. The molecule has 0 unspecified atom stereocenters. The molecule has 0 spiro atoms. The fraction of sp³-hybridized carbons (Fsp3) is 0.438. The van der Waals surface area contributed by atoms with Gasteiger partial charge in [-0.05, 0) is 42.2 Å². The molecule has 6 atom stereocenters. The number of allylic oxidation sites excluding steroid dienone is 2. The SMILES string of the molecule is O=C1[C@@H]2[C@H]3C=C[C@@H]([C@@H]4C[C@H]34)[C@H]2C(=O)N1c1cccnc1. The van der Waals surface area contributed by atoms with Crippen molar-refractivity contribution in [1.29, 1.82) is 0 Å². The van der Waals surface area contributed by atoms with E-state index in [1.54, 1.807) is 24.5 Å². The Labute approximate surface area is 116 Å². The van der Waals surface area contributed by atoms with Gasteiger partial charge in [0, 0.05) is 6.20 Å². The molecule has 0 aromatic carbocycles. The van der Waals surface area contributed by atoms with E-state index >= 15 is 0 Å². The second-order valence-electron chi connectivity index (χ2n) is 6.38. The fourth-order valence-electron chi connectivity index (χ4n) is 4.70. The van der Waals surface area contributed by atoms with E-state index in [0.29, 0.717) is 17.5 Å². The van der Waals surface area contributed by atoms with Crippen LogP contribution in [-0.2, 0) is 9.59 Å². The van der Waals surface area contributed by atoms with Crippen molar-refractivity contribution in [2.75, 3.05) is 4.90 Å². The fourth-order valence-corrected chi connectivity index (χ4v) is 4.70. The predicted molar refractivity (Wildman–Crippen MR) is 71.4 cm³/mol. The Balaban J connectivity index is 1.61. The maximum atomic E-state index is 12.7. The van der Waals surface area contributed by atoms with Gasteiger partial charge in [0.2, 0.25) is 11.8 Å². The van der Waals surface area contributed by atoms with Gasteiger partial charge < -0.3 is 0 Å². The number of carbonyl (C=O) groups is 2. The highest BCUT2D eigenvalue weighted by atomic mass is 16.2. The third kappa shape index (κ3) is 1.11. The molecule has 1 aliphatic heterocycles. The van der Waals surface area contributed by atoms with Crippen LogP contribution in [0.5, 0.6) is 0 Å². The molecule has 2 heterocycles. The van der Waals surface area contributed by atoms with Crippen molar-refractivity contribution < 1.29 is 9.59 Å². The van der Waals surface area contributed by atoms with Gasteiger partial charge in [-0.3, -0.25) is 14.6 Å². The maximum Gasteiger partial charge on any atom is 0.238 e. The van der Waals surface area contributed by atoms with Gasteiger partial charge in [-0.25, -0.2) is 4.90 Å². The molecule has 3 fully saturated rings. The summed E-state index contributed by atoms with van der Waals surface area (Å²) in [4.78, 5) is 30.9. The van der Waals surface area contributed by atoms with Crippen molar-refractivity contribution in [2.45, 2.75) is 6.42 Å². The average molecular weight is 266 g/mol. The molecule has 4 nitrogen and oxygen atoms in total. The highest BCUT2D eigenvalue weighted by molar-refractivity contribution is 6.22. The van der Waals surface area contributed by atoms with Gasteiger partial charge in [-0.15, -0.1) is 0 Å². The summed E-state index contributed by atoms with van der Waals surface area (Å²) in [6, 6.07) is 3.55. The normalized spacial score (nSPS) is 43.7. The topological polar surface area (TPSA) is 50.3 Å². The van der Waals surface area contributed by atoms with E-state index in [1.165, 1.54) is 11.3 Å². The van der Waals surface area contributed by atoms with Crippen molar-refractivity contribution in [1.82, 2.24) is 4.98 Å². The molecule has 1 saturated heterocycles. The highest BCUT2D eigenvalue weighted by Crippen LogP contribution is 2.65. The molecule has 5 aliphatic rings. The molecular formula is C16H14N2O2. The first kappa shape index (κ1) is 10.8. The Kier molecular flexibility index (Phi) is 1.82. The highest BCUT2D eigenvalue weighted by Gasteiger charge is 2.67. The Bertz CT molecular complexity index is 618. The van der Waals surface area contributed by atoms with E-state index in [1.807, 2.05) is 0 Å². The summed E-state index contributed by atoms with van der Waals surface area (Å²) in [6.07, 6.45) is 8.84. The number of pyridine rings is 1. The smallest absolute Gasteiger partial charge is 0.238 e. The maximum absolute atomic E-state index is 12.7. The zero-order chi connectivity index (χ0) is 13.4. The molecular weight excluding hydrogens is 252 g/mol. The second kappa shape index (κ2) is 3.37. The van der Waals surface area contributed by atoms with Crippen LogP contribution in [0, 0.1) is 35.5 Å². The molecule has 100 valence electrons. The Hall–Kier alpha value is -1.97. The van der Waals surface area contributed by atoms with Crippen molar-refractivity contribution in [3.8, 4) is 0 Å². The monoisotopic (exact) mass is 266 g/mol. The number of aromatic nitrogens is 1. The number of carbonyl (C=O) groups excluding carboxylic acids is 2. The lowest BCUT2D eigenvalue weighted by Gasteiger charge is -2.37. The number of hydrogen-bond acceptors (Lipinski definition) is 3. The second-order valence-corrected chi connectivity index (χ2v) is 6.38. The first-order valence-electron chi connectivity index (χ1n) is 7.23. The number of amides is 2. The van der Waals surface area contributed by atoms with E-state index in [9.17, 15) is 9.59 Å². The van der Waals surface area contributed by atoms with Crippen LogP contribution < -0.4 is 4.90 Å². The van der Waals surface area contributed by atoms with Crippen molar-refractivity contribution in [2.24, 2.45) is 35.5 Å². The lowest BCUT2D eigenvalue weighted by Crippen LogP contribution is -2.40. The molecule has 2 amide bonds. The van der Waals surface area contributed by atoms with Crippen molar-refractivity contribution in [3.05, 3.63) is 36.7 Å². The average Bonchev–Trinajstić information content (AvgIpc) is 3.25. The molecule has 20 heavy (non-hydrogen) atoms. The number of rotatable bonds is 1. The third-order valence-electron chi connectivity index (χ3n) is 5.57. The third-order valence-corrected chi connectivity index (χ3v) is 5.57. The predicted octanol–water partition coefficient (Wildman–Crippen LogP) is 1.64. The van der Waals surface area contributed by atoms with Crippen LogP contribution in [0.25, 0.3) is 0 Å². The van der Waals surface area contributed by atoms with Crippen LogP contribution in [0.1, 0.15) is 6.42 Å². The van der Waals surface area contributed by atoms with Crippen LogP contribution >= 0.6 is 0 Å². The number of imide groups is 1. The lowest BCUT2D eigenvalue weighted by atomic mass is 9.63. The van der Waals surface area contributed by atoms with Crippen LogP contribution in [0.2, 0.25) is 0 Å². The molecule has 1 aromatic heterocycles. The van der Waals surface area contributed by atoms with Gasteiger partial charge >= 0.3 is 0 Å². The Morgan fingerprint density at radius 3 is 2.25 bits per heavy atom. The zero-order valence-electron chi connectivity index (χ0n) is 10.8. The first-order chi connectivity index (χ1) is 9.77. The number of anilines is 1. The summed E-state index contributed by atoms with van der Waals surface area (Å²) in [7, 11) is 0. The largest absolute Gasteiger partial charge is 0.274 e.